The van der Waals surface area contributed by atoms with Gasteiger partial charge in [0.2, 0.25) is 0 Å². The molecule has 96 valence electrons. The molecule has 0 aliphatic carbocycles. The predicted octanol–water partition coefficient (Wildman–Crippen LogP) is 4.51. The Morgan fingerprint density at radius 3 is 2.47 bits per heavy atom. The molecule has 0 spiro atoms. The molecule has 0 aliphatic heterocycles. The topological polar surface area (TPSA) is 12.0 Å². The van der Waals surface area contributed by atoms with Gasteiger partial charge in [-0.15, -0.1) is 19.0 Å². The van der Waals surface area contributed by atoms with E-state index >= 15 is 0 Å². The lowest BCUT2D eigenvalue weighted by molar-refractivity contribution is 0.405. The van der Waals surface area contributed by atoms with Crippen LogP contribution in [0.2, 0.25) is 10.0 Å². The smallest absolute Gasteiger partial charge is 0.0595 e. The van der Waals surface area contributed by atoms with Crippen LogP contribution in [0.3, 0.4) is 0 Å². The molecule has 1 aromatic carbocycles. The molecular weight excluding hydrogens is 277 g/mol. The monoisotopic (exact) mass is 293 g/mol. The first-order chi connectivity index (χ1) is 7.44. The first-order valence-corrected chi connectivity index (χ1v) is 6.00. The summed E-state index contributed by atoms with van der Waals surface area (Å²) in [4.78, 5) is 0. The number of hydrogen-bond donors (Lipinski definition) is 1. The van der Waals surface area contributed by atoms with Gasteiger partial charge in [0.25, 0.3) is 0 Å². The summed E-state index contributed by atoms with van der Waals surface area (Å²) in [5.74, 6) is 0. The quantitative estimate of drug-likeness (QED) is 0.788. The molecule has 0 saturated heterocycles. The highest BCUT2D eigenvalue weighted by Crippen LogP contribution is 2.24. The van der Waals surface area contributed by atoms with E-state index < -0.39 is 0 Å². The minimum Gasteiger partial charge on any atom is -0.308 e. The first kappa shape index (κ1) is 16.8. The Labute approximate surface area is 120 Å². The lowest BCUT2D eigenvalue weighted by Gasteiger charge is -2.26. The van der Waals surface area contributed by atoms with E-state index in [4.69, 9.17) is 23.2 Å². The molecule has 0 amide bonds. The standard InChI is InChI=1S/C13H17Cl2N.ClH/c1-4-7-16-13(2,3)9-10-5-6-11(14)12(15)8-10;/h4-6,8,16H,1,7,9H2,2-3H3;1H. The maximum absolute atomic E-state index is 5.98. The van der Waals surface area contributed by atoms with Crippen molar-refractivity contribution < 1.29 is 0 Å². The van der Waals surface area contributed by atoms with Crippen LogP contribution in [0.15, 0.2) is 30.9 Å². The van der Waals surface area contributed by atoms with Crippen molar-refractivity contribution >= 4 is 35.6 Å². The molecule has 0 heterocycles. The van der Waals surface area contributed by atoms with E-state index in [9.17, 15) is 0 Å². The molecule has 1 rings (SSSR count). The van der Waals surface area contributed by atoms with E-state index in [1.54, 1.807) is 0 Å². The largest absolute Gasteiger partial charge is 0.308 e. The second kappa shape index (κ2) is 7.27. The van der Waals surface area contributed by atoms with Gasteiger partial charge in [-0.25, -0.2) is 0 Å². The highest BCUT2D eigenvalue weighted by atomic mass is 35.5. The number of halogens is 3. The Morgan fingerprint density at radius 2 is 1.94 bits per heavy atom. The zero-order valence-electron chi connectivity index (χ0n) is 10.1. The summed E-state index contributed by atoms with van der Waals surface area (Å²) >= 11 is 11.9. The predicted molar refractivity (Wildman–Crippen MR) is 79.7 cm³/mol. The van der Waals surface area contributed by atoms with Gasteiger partial charge < -0.3 is 5.32 Å². The minimum absolute atomic E-state index is 0. The zero-order valence-corrected chi connectivity index (χ0v) is 12.4. The van der Waals surface area contributed by atoms with Crippen LogP contribution in [0.4, 0.5) is 0 Å². The average molecular weight is 295 g/mol. The average Bonchev–Trinajstić information content (AvgIpc) is 2.20. The maximum Gasteiger partial charge on any atom is 0.0595 e. The van der Waals surface area contributed by atoms with Gasteiger partial charge in [0.05, 0.1) is 10.0 Å². The summed E-state index contributed by atoms with van der Waals surface area (Å²) in [5, 5.41) is 4.61. The van der Waals surface area contributed by atoms with Crippen LogP contribution < -0.4 is 5.32 Å². The second-order valence-electron chi connectivity index (χ2n) is 4.48. The fraction of sp³-hybridized carbons (Fsp3) is 0.385. The number of benzene rings is 1. The third-order valence-electron chi connectivity index (χ3n) is 2.36. The molecule has 0 aliphatic rings. The normalized spacial score (nSPS) is 10.8. The van der Waals surface area contributed by atoms with Gasteiger partial charge in [-0.2, -0.15) is 0 Å². The van der Waals surface area contributed by atoms with Gasteiger partial charge in [-0.3, -0.25) is 0 Å². The molecule has 0 unspecified atom stereocenters. The summed E-state index contributed by atoms with van der Waals surface area (Å²) in [6.07, 6.45) is 2.76. The third-order valence-corrected chi connectivity index (χ3v) is 3.09. The molecule has 0 saturated carbocycles. The molecule has 1 N–H and O–H groups in total. The molecule has 0 fully saturated rings. The van der Waals surface area contributed by atoms with Crippen LogP contribution in [0, 0.1) is 0 Å². The highest BCUT2D eigenvalue weighted by molar-refractivity contribution is 6.42. The lowest BCUT2D eigenvalue weighted by Crippen LogP contribution is -2.41. The summed E-state index contributed by atoms with van der Waals surface area (Å²) in [6.45, 7) is 8.80. The summed E-state index contributed by atoms with van der Waals surface area (Å²) in [7, 11) is 0. The molecule has 1 aromatic rings. The van der Waals surface area contributed by atoms with E-state index in [2.05, 4.69) is 25.7 Å². The summed E-state index contributed by atoms with van der Waals surface area (Å²) in [6, 6.07) is 5.76. The number of hydrogen-bond acceptors (Lipinski definition) is 1. The Balaban J connectivity index is 0.00000256. The molecule has 0 atom stereocenters. The SMILES string of the molecule is C=CCNC(C)(C)Cc1ccc(Cl)c(Cl)c1.Cl. The Kier molecular flexibility index (Phi) is 7.18. The first-order valence-electron chi connectivity index (χ1n) is 5.24. The van der Waals surface area contributed by atoms with Gasteiger partial charge in [0.1, 0.15) is 0 Å². The van der Waals surface area contributed by atoms with E-state index in [-0.39, 0.29) is 17.9 Å². The molecule has 0 radical (unpaired) electrons. The van der Waals surface area contributed by atoms with Crippen LogP contribution in [0.1, 0.15) is 19.4 Å². The summed E-state index contributed by atoms with van der Waals surface area (Å²) in [5.41, 5.74) is 1.20. The minimum atomic E-state index is 0. The molecule has 17 heavy (non-hydrogen) atoms. The number of rotatable bonds is 5. The van der Waals surface area contributed by atoms with Crippen molar-refractivity contribution in [1.82, 2.24) is 5.32 Å². The van der Waals surface area contributed by atoms with E-state index in [1.807, 2.05) is 24.3 Å². The van der Waals surface area contributed by atoms with Crippen molar-refractivity contribution in [3.8, 4) is 0 Å². The van der Waals surface area contributed by atoms with Crippen molar-refractivity contribution in [1.29, 1.82) is 0 Å². The summed E-state index contributed by atoms with van der Waals surface area (Å²) < 4.78 is 0. The molecular formula is C13H18Cl3N. The van der Waals surface area contributed by atoms with Crippen LogP contribution in [-0.4, -0.2) is 12.1 Å². The maximum atomic E-state index is 5.98. The van der Waals surface area contributed by atoms with Crippen molar-refractivity contribution in [2.24, 2.45) is 0 Å². The number of nitrogens with one attached hydrogen (secondary N) is 1. The van der Waals surface area contributed by atoms with Gasteiger partial charge >= 0.3 is 0 Å². The van der Waals surface area contributed by atoms with Crippen molar-refractivity contribution in [2.45, 2.75) is 25.8 Å². The van der Waals surface area contributed by atoms with Crippen molar-refractivity contribution in [3.05, 3.63) is 46.5 Å². The second-order valence-corrected chi connectivity index (χ2v) is 5.29. The lowest BCUT2D eigenvalue weighted by atomic mass is 9.95. The van der Waals surface area contributed by atoms with E-state index in [1.165, 1.54) is 5.56 Å². The van der Waals surface area contributed by atoms with Crippen LogP contribution in [-0.2, 0) is 6.42 Å². The van der Waals surface area contributed by atoms with Gasteiger partial charge in [-0.05, 0) is 38.0 Å². The fourth-order valence-corrected chi connectivity index (χ4v) is 1.89. The molecule has 4 heteroatoms. The van der Waals surface area contributed by atoms with Gasteiger partial charge in [0.15, 0.2) is 0 Å². The Morgan fingerprint density at radius 1 is 1.29 bits per heavy atom. The van der Waals surface area contributed by atoms with Gasteiger partial charge in [-0.1, -0.05) is 35.3 Å². The van der Waals surface area contributed by atoms with Gasteiger partial charge in [0, 0.05) is 12.1 Å². The molecule has 0 aromatic heterocycles. The van der Waals surface area contributed by atoms with Crippen molar-refractivity contribution in [2.75, 3.05) is 6.54 Å². The van der Waals surface area contributed by atoms with E-state index in [0.29, 0.717) is 10.0 Å². The fourth-order valence-electron chi connectivity index (χ4n) is 1.57. The molecule has 1 nitrogen and oxygen atoms in total. The van der Waals surface area contributed by atoms with Crippen LogP contribution in [0.25, 0.3) is 0 Å². The zero-order chi connectivity index (χ0) is 12.2. The van der Waals surface area contributed by atoms with Crippen LogP contribution >= 0.6 is 35.6 Å². The van der Waals surface area contributed by atoms with Crippen LogP contribution in [0.5, 0.6) is 0 Å². The molecule has 0 bridgehead atoms. The van der Waals surface area contributed by atoms with Crippen molar-refractivity contribution in [3.63, 3.8) is 0 Å². The Bertz CT molecular complexity index is 375. The van der Waals surface area contributed by atoms with E-state index in [0.717, 1.165) is 13.0 Å². The highest BCUT2D eigenvalue weighted by Gasteiger charge is 2.17. The Hall–Kier alpha value is -0.210. The third kappa shape index (κ3) is 5.78.